The fourth-order valence-electron chi connectivity index (χ4n) is 2.47. The zero-order valence-electron chi connectivity index (χ0n) is 13.1. The van der Waals surface area contributed by atoms with E-state index in [0.29, 0.717) is 5.56 Å². The molecule has 1 saturated carbocycles. The number of hydrogen-bond acceptors (Lipinski definition) is 3. The van der Waals surface area contributed by atoms with Gasteiger partial charge in [0.25, 0.3) is 5.91 Å². The van der Waals surface area contributed by atoms with Crippen LogP contribution in [0, 0.1) is 5.92 Å². The van der Waals surface area contributed by atoms with Gasteiger partial charge >= 0.3 is 5.97 Å². The lowest BCUT2D eigenvalue weighted by molar-refractivity contribution is -0.139. The maximum absolute atomic E-state index is 12.2. The second-order valence-electron chi connectivity index (χ2n) is 5.93. The Bertz CT molecular complexity index is 711. The van der Waals surface area contributed by atoms with E-state index >= 15 is 0 Å². The van der Waals surface area contributed by atoms with E-state index in [1.807, 2.05) is 30.3 Å². The number of aliphatic carboxylic acids is 1. The molecule has 2 aromatic carbocycles. The lowest BCUT2D eigenvalue weighted by Crippen LogP contribution is -2.42. The van der Waals surface area contributed by atoms with Gasteiger partial charge in [-0.2, -0.15) is 0 Å². The minimum Gasteiger partial charge on any atom is -0.480 e. The van der Waals surface area contributed by atoms with E-state index in [1.54, 1.807) is 23.9 Å². The zero-order valence-corrected chi connectivity index (χ0v) is 14.0. The number of benzene rings is 2. The van der Waals surface area contributed by atoms with Crippen LogP contribution in [0.15, 0.2) is 59.5 Å². The van der Waals surface area contributed by atoms with Gasteiger partial charge in [0, 0.05) is 16.2 Å². The van der Waals surface area contributed by atoms with Gasteiger partial charge in [-0.15, -0.1) is 11.8 Å². The van der Waals surface area contributed by atoms with Crippen molar-refractivity contribution in [2.45, 2.75) is 29.5 Å². The summed E-state index contributed by atoms with van der Waals surface area (Å²) < 4.78 is 0. The van der Waals surface area contributed by atoms with Gasteiger partial charge in [0.1, 0.15) is 6.04 Å². The highest BCUT2D eigenvalue weighted by Crippen LogP contribution is 2.32. The van der Waals surface area contributed by atoms with Crippen LogP contribution < -0.4 is 5.32 Å². The molecule has 0 heterocycles. The van der Waals surface area contributed by atoms with Crippen molar-refractivity contribution >= 4 is 23.6 Å². The highest BCUT2D eigenvalue weighted by molar-refractivity contribution is 7.98. The number of carboxylic acids is 1. The Morgan fingerprint density at radius 3 is 2.33 bits per heavy atom. The number of thioether (sulfide) groups is 1. The zero-order chi connectivity index (χ0) is 16.9. The molecule has 5 heteroatoms. The van der Waals surface area contributed by atoms with Gasteiger partial charge < -0.3 is 10.4 Å². The predicted octanol–water partition coefficient (Wildman–Crippen LogP) is 3.57. The maximum Gasteiger partial charge on any atom is 0.326 e. The molecule has 1 amide bonds. The molecule has 1 aliphatic carbocycles. The molecular weight excluding hydrogens is 322 g/mol. The van der Waals surface area contributed by atoms with Crippen molar-refractivity contribution < 1.29 is 14.7 Å². The van der Waals surface area contributed by atoms with E-state index in [9.17, 15) is 14.7 Å². The molecule has 0 aliphatic heterocycles. The molecule has 2 N–H and O–H groups in total. The number of carboxylic acid groups (broad SMARTS) is 1. The normalized spacial score (nSPS) is 14.8. The van der Waals surface area contributed by atoms with Crippen LogP contribution in [-0.4, -0.2) is 23.0 Å². The van der Waals surface area contributed by atoms with Crippen LogP contribution >= 0.6 is 11.8 Å². The summed E-state index contributed by atoms with van der Waals surface area (Å²) in [6, 6.07) is 16.7. The first-order valence-corrected chi connectivity index (χ1v) is 8.92. The molecule has 124 valence electrons. The summed E-state index contributed by atoms with van der Waals surface area (Å²) in [5, 5.41) is 11.8. The molecule has 1 unspecified atom stereocenters. The molecule has 24 heavy (non-hydrogen) atoms. The number of rotatable bonds is 7. The Kier molecular flexibility index (Phi) is 5.20. The van der Waals surface area contributed by atoms with Crippen molar-refractivity contribution in [2.24, 2.45) is 5.92 Å². The Labute approximate surface area is 145 Å². The molecule has 4 nitrogen and oxygen atoms in total. The summed E-state index contributed by atoms with van der Waals surface area (Å²) in [7, 11) is 0. The molecule has 0 bridgehead atoms. The molecule has 0 aromatic heterocycles. The van der Waals surface area contributed by atoms with Crippen LogP contribution in [0.1, 0.15) is 28.8 Å². The van der Waals surface area contributed by atoms with Gasteiger partial charge in [-0.05, 0) is 48.6 Å². The van der Waals surface area contributed by atoms with E-state index in [1.165, 1.54) is 4.90 Å². The first kappa shape index (κ1) is 16.6. The lowest BCUT2D eigenvalue weighted by atomic mass is 10.1. The van der Waals surface area contributed by atoms with E-state index in [4.69, 9.17) is 0 Å². The smallest absolute Gasteiger partial charge is 0.326 e. The second kappa shape index (κ2) is 7.53. The average Bonchev–Trinajstić information content (AvgIpc) is 3.43. The Hall–Kier alpha value is -2.27. The number of nitrogens with one attached hydrogen (secondary N) is 1. The topological polar surface area (TPSA) is 66.4 Å². The molecule has 0 spiro atoms. The minimum atomic E-state index is -0.957. The van der Waals surface area contributed by atoms with Crippen LogP contribution in [0.25, 0.3) is 0 Å². The van der Waals surface area contributed by atoms with Crippen molar-refractivity contribution in [3.05, 3.63) is 65.7 Å². The molecule has 2 aromatic rings. The maximum atomic E-state index is 12.2. The lowest BCUT2D eigenvalue weighted by Gasteiger charge is -2.13. The summed E-state index contributed by atoms with van der Waals surface area (Å²) in [5.41, 5.74) is 1.62. The monoisotopic (exact) mass is 341 g/mol. The van der Waals surface area contributed by atoms with Crippen LogP contribution in [0.5, 0.6) is 0 Å². The quantitative estimate of drug-likeness (QED) is 0.756. The average molecular weight is 341 g/mol. The second-order valence-corrected chi connectivity index (χ2v) is 6.97. The third-order valence-electron chi connectivity index (χ3n) is 4.01. The minimum absolute atomic E-state index is 0.0768. The van der Waals surface area contributed by atoms with E-state index in [2.05, 4.69) is 17.4 Å². The van der Waals surface area contributed by atoms with Crippen molar-refractivity contribution in [3.8, 4) is 0 Å². The van der Waals surface area contributed by atoms with Crippen LogP contribution in [0.4, 0.5) is 0 Å². The SMILES string of the molecule is O=C(NC(C(=O)O)C1CC1)c1ccc(CSc2ccccc2)cc1. The Morgan fingerprint density at radius 1 is 1.08 bits per heavy atom. The molecule has 1 atom stereocenters. The third-order valence-corrected chi connectivity index (χ3v) is 5.09. The largest absolute Gasteiger partial charge is 0.480 e. The van der Waals surface area contributed by atoms with Gasteiger partial charge in [0.15, 0.2) is 0 Å². The highest BCUT2D eigenvalue weighted by Gasteiger charge is 2.37. The van der Waals surface area contributed by atoms with Gasteiger partial charge in [0.05, 0.1) is 0 Å². The van der Waals surface area contributed by atoms with E-state index in [0.717, 1.165) is 24.2 Å². The number of amides is 1. The Morgan fingerprint density at radius 2 is 1.75 bits per heavy atom. The van der Waals surface area contributed by atoms with Gasteiger partial charge in [0.2, 0.25) is 0 Å². The summed E-state index contributed by atoms with van der Waals surface area (Å²) in [5.74, 6) is -0.377. The summed E-state index contributed by atoms with van der Waals surface area (Å²) in [6.45, 7) is 0. The molecule has 1 fully saturated rings. The molecule has 0 radical (unpaired) electrons. The summed E-state index contributed by atoms with van der Waals surface area (Å²) in [6.07, 6.45) is 1.74. The van der Waals surface area contributed by atoms with E-state index in [-0.39, 0.29) is 11.8 Å². The van der Waals surface area contributed by atoms with Crippen molar-refractivity contribution in [2.75, 3.05) is 0 Å². The fourth-order valence-corrected chi connectivity index (χ4v) is 3.35. The van der Waals surface area contributed by atoms with Crippen LogP contribution in [-0.2, 0) is 10.5 Å². The summed E-state index contributed by atoms with van der Waals surface area (Å²) >= 11 is 1.74. The van der Waals surface area contributed by atoms with Crippen molar-refractivity contribution in [1.82, 2.24) is 5.32 Å². The number of carbonyl (C=O) groups excluding carboxylic acids is 1. The van der Waals surface area contributed by atoms with Gasteiger partial charge in [-0.1, -0.05) is 30.3 Å². The van der Waals surface area contributed by atoms with Crippen molar-refractivity contribution in [3.63, 3.8) is 0 Å². The molecule has 1 aliphatic rings. The number of hydrogen-bond donors (Lipinski definition) is 2. The van der Waals surface area contributed by atoms with Crippen LogP contribution in [0.2, 0.25) is 0 Å². The molecular formula is C19H19NO3S. The highest BCUT2D eigenvalue weighted by atomic mass is 32.2. The Balaban J connectivity index is 1.57. The van der Waals surface area contributed by atoms with E-state index < -0.39 is 12.0 Å². The standard InChI is InChI=1S/C19H19NO3S/c21-18(20-17(19(22)23)14-10-11-14)15-8-6-13(7-9-15)12-24-16-4-2-1-3-5-16/h1-9,14,17H,10-12H2,(H,20,21)(H,22,23). The first-order chi connectivity index (χ1) is 11.6. The molecule has 3 rings (SSSR count). The number of carbonyl (C=O) groups is 2. The summed E-state index contributed by atoms with van der Waals surface area (Å²) in [4.78, 5) is 24.6. The van der Waals surface area contributed by atoms with Gasteiger partial charge in [-0.25, -0.2) is 4.79 Å². The predicted molar refractivity (Wildman–Crippen MR) is 94.1 cm³/mol. The first-order valence-electron chi connectivity index (χ1n) is 7.94. The van der Waals surface area contributed by atoms with Gasteiger partial charge in [-0.3, -0.25) is 4.79 Å². The molecule has 0 saturated heterocycles. The van der Waals surface area contributed by atoms with Crippen LogP contribution in [0.3, 0.4) is 0 Å². The van der Waals surface area contributed by atoms with Crippen molar-refractivity contribution in [1.29, 1.82) is 0 Å². The third kappa shape index (κ3) is 4.38. The fraction of sp³-hybridized carbons (Fsp3) is 0.263.